The minimum atomic E-state index is -0.179. The molecule has 7 rings (SSSR count). The maximum absolute atomic E-state index is 13.2. The van der Waals surface area contributed by atoms with E-state index in [0.29, 0.717) is 24.0 Å². The molecule has 41 heavy (non-hydrogen) atoms. The number of carbonyl (C=O) groups excluding carboxylic acids is 1. The second-order valence-electron chi connectivity index (χ2n) is 11.6. The lowest BCUT2D eigenvalue weighted by molar-refractivity contribution is -0.112. The number of likely N-dealkylation sites (tertiary alicyclic amines) is 1. The zero-order valence-electron chi connectivity index (χ0n) is 23.5. The van der Waals surface area contributed by atoms with E-state index < -0.39 is 0 Å². The third-order valence-electron chi connectivity index (χ3n) is 8.88. The second-order valence-corrected chi connectivity index (χ2v) is 11.6. The van der Waals surface area contributed by atoms with Gasteiger partial charge in [0, 0.05) is 91.4 Å². The summed E-state index contributed by atoms with van der Waals surface area (Å²) in [5, 5.41) is 21.3. The molecule has 3 aromatic rings. The number of benzene rings is 1. The van der Waals surface area contributed by atoms with Crippen LogP contribution in [0.15, 0.2) is 64.5 Å². The van der Waals surface area contributed by atoms with Gasteiger partial charge in [0.15, 0.2) is 5.82 Å². The quantitative estimate of drug-likeness (QED) is 0.426. The second kappa shape index (κ2) is 10.0. The molecule has 212 valence electrons. The summed E-state index contributed by atoms with van der Waals surface area (Å²) in [6, 6.07) is 9.69. The van der Waals surface area contributed by atoms with Gasteiger partial charge in [0.05, 0.1) is 6.61 Å². The molecule has 2 aromatic heterocycles. The third-order valence-corrected chi connectivity index (χ3v) is 8.88. The number of H-pyrrole nitrogens is 1. The smallest absolute Gasteiger partial charge is 0.274 e. The van der Waals surface area contributed by atoms with Crippen LogP contribution in [-0.2, 0) is 18.4 Å². The van der Waals surface area contributed by atoms with Crippen molar-refractivity contribution in [1.29, 1.82) is 0 Å². The van der Waals surface area contributed by atoms with Gasteiger partial charge in [-0.05, 0) is 50.4 Å². The minimum Gasteiger partial charge on any atom is -0.392 e. The van der Waals surface area contributed by atoms with Crippen molar-refractivity contribution in [2.24, 2.45) is 7.05 Å². The lowest BCUT2D eigenvalue weighted by Crippen LogP contribution is -2.41. The molecule has 0 radical (unpaired) electrons. The van der Waals surface area contributed by atoms with Gasteiger partial charge >= 0.3 is 0 Å². The molecule has 1 saturated heterocycles. The van der Waals surface area contributed by atoms with Gasteiger partial charge in [-0.15, -0.1) is 0 Å². The van der Waals surface area contributed by atoms with E-state index in [1.54, 1.807) is 17.8 Å². The van der Waals surface area contributed by atoms with Crippen LogP contribution in [0.1, 0.15) is 42.9 Å². The summed E-state index contributed by atoms with van der Waals surface area (Å²) in [5.41, 5.74) is 7.47. The summed E-state index contributed by atoms with van der Waals surface area (Å²) >= 11 is 0. The monoisotopic (exact) mass is 553 g/mol. The standard InChI is InChI=1S/C31H35N7O3/c1-35-14-20(15-35)24-13-29(34-33-24)32-25-12-19(16-36(2)31(25)41)21-7-5-9-26(23(21)18-39)37-10-11-38-27-8-4-3-6-22(27)30(40)28(38)17-37/h5,7,9,12-13,16-17,20,39H,3-4,6,8,10-11,14-15,18H2,1-2H3,(H2,32,33,34). The lowest BCUT2D eigenvalue weighted by Gasteiger charge is -2.35. The maximum atomic E-state index is 13.2. The number of aliphatic hydroxyl groups is 1. The van der Waals surface area contributed by atoms with Gasteiger partial charge in [-0.25, -0.2) is 0 Å². The third kappa shape index (κ3) is 4.38. The summed E-state index contributed by atoms with van der Waals surface area (Å²) in [6.45, 7) is 3.24. The van der Waals surface area contributed by atoms with Gasteiger partial charge < -0.3 is 29.7 Å². The van der Waals surface area contributed by atoms with Crippen LogP contribution >= 0.6 is 0 Å². The van der Waals surface area contributed by atoms with Crippen molar-refractivity contribution in [3.8, 4) is 11.1 Å². The van der Waals surface area contributed by atoms with E-state index in [9.17, 15) is 14.7 Å². The molecule has 1 aliphatic carbocycles. The number of nitrogens with one attached hydrogen (secondary N) is 2. The van der Waals surface area contributed by atoms with Crippen LogP contribution in [0.3, 0.4) is 0 Å². The number of carbonyl (C=O) groups is 1. The number of aromatic nitrogens is 3. The maximum Gasteiger partial charge on any atom is 0.274 e. The number of Topliss-reactive ketones (excluding diaryl/α,β-unsaturated/α-hetero) is 1. The number of nitrogens with zero attached hydrogens (tertiary/aromatic N) is 5. The van der Waals surface area contributed by atoms with Gasteiger partial charge in [0.2, 0.25) is 5.78 Å². The van der Waals surface area contributed by atoms with Crippen molar-refractivity contribution in [1.82, 2.24) is 24.6 Å². The molecule has 10 nitrogen and oxygen atoms in total. The summed E-state index contributed by atoms with van der Waals surface area (Å²) in [5.74, 6) is 1.16. The van der Waals surface area contributed by atoms with E-state index >= 15 is 0 Å². The number of pyridine rings is 1. The van der Waals surface area contributed by atoms with Crippen LogP contribution in [0, 0.1) is 0 Å². The van der Waals surface area contributed by atoms with Crippen LogP contribution in [0.5, 0.6) is 0 Å². The fourth-order valence-corrected chi connectivity index (χ4v) is 6.72. The normalized spacial score (nSPS) is 19.3. The van der Waals surface area contributed by atoms with Crippen molar-refractivity contribution in [2.45, 2.75) is 38.2 Å². The Morgan fingerprint density at radius 2 is 1.93 bits per heavy atom. The highest BCUT2D eigenvalue weighted by molar-refractivity contribution is 6.11. The first-order chi connectivity index (χ1) is 19.9. The van der Waals surface area contributed by atoms with E-state index in [2.05, 4.69) is 37.3 Å². The highest BCUT2D eigenvalue weighted by atomic mass is 16.3. The average molecular weight is 554 g/mol. The van der Waals surface area contributed by atoms with Gasteiger partial charge in [-0.1, -0.05) is 12.1 Å². The average Bonchev–Trinajstić information content (AvgIpc) is 3.55. The van der Waals surface area contributed by atoms with Gasteiger partial charge in [-0.3, -0.25) is 14.7 Å². The number of aromatic amines is 1. The number of hydrogen-bond acceptors (Lipinski definition) is 8. The highest BCUT2D eigenvalue weighted by Gasteiger charge is 2.38. The van der Waals surface area contributed by atoms with Crippen molar-refractivity contribution in [2.75, 3.05) is 43.4 Å². The Bertz CT molecular complexity index is 1660. The summed E-state index contributed by atoms with van der Waals surface area (Å²) in [7, 11) is 3.82. The topological polar surface area (TPSA) is 110 Å². The Morgan fingerprint density at radius 1 is 1.10 bits per heavy atom. The number of hydrogen-bond donors (Lipinski definition) is 3. The summed E-state index contributed by atoms with van der Waals surface area (Å²) in [6.07, 6.45) is 7.77. The predicted molar refractivity (Wildman–Crippen MR) is 158 cm³/mol. The molecule has 1 aromatic carbocycles. The van der Waals surface area contributed by atoms with Gasteiger partial charge in [0.1, 0.15) is 11.4 Å². The highest BCUT2D eigenvalue weighted by Crippen LogP contribution is 2.41. The van der Waals surface area contributed by atoms with Gasteiger partial charge in [-0.2, -0.15) is 5.10 Å². The minimum absolute atomic E-state index is 0.144. The summed E-state index contributed by atoms with van der Waals surface area (Å²) in [4.78, 5) is 32.8. The van der Waals surface area contributed by atoms with E-state index in [1.165, 1.54) is 5.70 Å². The van der Waals surface area contributed by atoms with Crippen LogP contribution < -0.4 is 15.8 Å². The van der Waals surface area contributed by atoms with Gasteiger partial charge in [0.25, 0.3) is 5.56 Å². The number of allylic oxidation sites excluding steroid dienone is 2. The number of fused-ring (bicyclic) bond motifs is 2. The zero-order valence-corrected chi connectivity index (χ0v) is 23.5. The molecule has 4 aliphatic rings. The number of anilines is 3. The molecule has 5 heterocycles. The Hall–Kier alpha value is -4.15. The lowest BCUT2D eigenvalue weighted by atomic mass is 9.96. The molecule has 10 heteroatoms. The molecule has 0 bridgehead atoms. The molecule has 0 unspecified atom stereocenters. The molecular formula is C31H35N7O3. The Morgan fingerprint density at radius 3 is 2.73 bits per heavy atom. The van der Waals surface area contributed by atoms with Crippen molar-refractivity contribution in [3.63, 3.8) is 0 Å². The van der Waals surface area contributed by atoms with Crippen LogP contribution in [0.25, 0.3) is 11.1 Å². The van der Waals surface area contributed by atoms with Crippen LogP contribution in [-0.4, -0.2) is 68.7 Å². The molecule has 0 saturated carbocycles. The number of aryl methyl sites for hydroxylation is 1. The van der Waals surface area contributed by atoms with Crippen LogP contribution in [0.2, 0.25) is 0 Å². The van der Waals surface area contributed by atoms with Crippen molar-refractivity contribution in [3.05, 3.63) is 81.3 Å². The van der Waals surface area contributed by atoms with E-state index in [-0.39, 0.29) is 17.9 Å². The number of rotatable bonds is 6. The first-order valence-corrected chi connectivity index (χ1v) is 14.4. The Balaban J connectivity index is 1.20. The molecule has 0 amide bonds. The SMILES string of the molecule is CN1CC(c2cc(Nc3cc(-c4cccc(N5C=C6C(=O)C7=C(CCCC7)N6CC5)c4CO)cn(C)c3=O)n[nH]2)C1. The molecule has 3 N–H and O–H groups in total. The largest absolute Gasteiger partial charge is 0.392 e. The van der Waals surface area contributed by atoms with Crippen molar-refractivity contribution < 1.29 is 9.90 Å². The number of aliphatic hydroxyl groups excluding tert-OH is 1. The predicted octanol–water partition coefficient (Wildman–Crippen LogP) is 3.41. The molecule has 3 aliphatic heterocycles. The Labute approximate surface area is 238 Å². The summed E-state index contributed by atoms with van der Waals surface area (Å²) < 4.78 is 1.55. The van der Waals surface area contributed by atoms with E-state index in [4.69, 9.17) is 0 Å². The molecule has 0 atom stereocenters. The zero-order chi connectivity index (χ0) is 28.2. The van der Waals surface area contributed by atoms with E-state index in [0.717, 1.165) is 84.7 Å². The van der Waals surface area contributed by atoms with Crippen LogP contribution in [0.4, 0.5) is 17.2 Å². The number of likely N-dealkylation sites (N-methyl/N-ethyl adjacent to an activating group) is 1. The molecule has 1 fully saturated rings. The first kappa shape index (κ1) is 25.8. The van der Waals surface area contributed by atoms with Crippen molar-refractivity contribution >= 4 is 23.0 Å². The van der Waals surface area contributed by atoms with E-state index in [1.807, 2.05) is 36.5 Å². The fraction of sp³-hybridized carbons (Fsp3) is 0.387. The fourth-order valence-electron chi connectivity index (χ4n) is 6.72. The molecular weight excluding hydrogens is 518 g/mol. The first-order valence-electron chi connectivity index (χ1n) is 14.4. The Kier molecular flexibility index (Phi) is 6.32. The molecule has 0 spiro atoms. The number of ketones is 1.